The molecular formula is C15H21F9O2. The van der Waals surface area contributed by atoms with Gasteiger partial charge in [0.25, 0.3) is 0 Å². The molecule has 2 nitrogen and oxygen atoms in total. The van der Waals surface area contributed by atoms with Crippen molar-refractivity contribution in [2.75, 3.05) is 19.8 Å². The van der Waals surface area contributed by atoms with Gasteiger partial charge in [0, 0.05) is 26.2 Å². The Hall–Kier alpha value is -0.710. The summed E-state index contributed by atoms with van der Waals surface area (Å²) in [6.45, 7) is 0.809. The number of hydrogen-bond acceptors (Lipinski definition) is 2. The second kappa shape index (κ2) is 8.99. The van der Waals surface area contributed by atoms with E-state index in [1.165, 1.54) is 0 Å². The van der Waals surface area contributed by atoms with Gasteiger partial charge in [-0.3, -0.25) is 0 Å². The van der Waals surface area contributed by atoms with E-state index in [2.05, 4.69) is 0 Å². The standard InChI is InChI=1S/C15H21F9O2/c16-12(17,13(18,19)14(20,21)15(22,23)24)7-2-4-8-25-10-6-11-5-1-3-9-26-11/h11H,1-10H2. The van der Waals surface area contributed by atoms with Gasteiger partial charge in [0.15, 0.2) is 0 Å². The molecule has 1 saturated heterocycles. The van der Waals surface area contributed by atoms with E-state index in [0.717, 1.165) is 19.3 Å². The monoisotopic (exact) mass is 404 g/mol. The fourth-order valence-electron chi connectivity index (χ4n) is 2.47. The Balaban J connectivity index is 2.31. The summed E-state index contributed by atoms with van der Waals surface area (Å²) >= 11 is 0. The molecule has 0 aromatic carbocycles. The van der Waals surface area contributed by atoms with Gasteiger partial charge in [0.2, 0.25) is 0 Å². The molecule has 1 fully saturated rings. The van der Waals surface area contributed by atoms with Crippen molar-refractivity contribution < 1.29 is 49.0 Å². The van der Waals surface area contributed by atoms with Crippen molar-refractivity contribution in [3.63, 3.8) is 0 Å². The van der Waals surface area contributed by atoms with E-state index in [4.69, 9.17) is 9.47 Å². The second-order valence-electron chi connectivity index (χ2n) is 6.20. The van der Waals surface area contributed by atoms with E-state index in [1.807, 2.05) is 0 Å². The molecule has 0 aromatic heterocycles. The van der Waals surface area contributed by atoms with Crippen molar-refractivity contribution in [3.05, 3.63) is 0 Å². The fraction of sp³-hybridized carbons (Fsp3) is 1.00. The van der Waals surface area contributed by atoms with Crippen LogP contribution in [0.15, 0.2) is 0 Å². The Morgan fingerprint density at radius 3 is 2.00 bits per heavy atom. The van der Waals surface area contributed by atoms with Crippen molar-refractivity contribution >= 4 is 0 Å². The largest absolute Gasteiger partial charge is 0.460 e. The van der Waals surface area contributed by atoms with Crippen molar-refractivity contribution in [2.45, 2.75) is 75.0 Å². The number of unbranched alkanes of at least 4 members (excludes halogenated alkanes) is 1. The third-order valence-electron chi connectivity index (χ3n) is 4.10. The van der Waals surface area contributed by atoms with E-state index in [1.54, 1.807) is 0 Å². The van der Waals surface area contributed by atoms with Crippen molar-refractivity contribution in [3.8, 4) is 0 Å². The quantitative estimate of drug-likeness (QED) is 0.349. The highest BCUT2D eigenvalue weighted by molar-refractivity contribution is 5.00. The molecule has 0 saturated carbocycles. The van der Waals surface area contributed by atoms with Gasteiger partial charge in [0.05, 0.1) is 6.10 Å². The zero-order valence-corrected chi connectivity index (χ0v) is 13.9. The zero-order valence-electron chi connectivity index (χ0n) is 13.9. The molecule has 1 aliphatic heterocycles. The molecule has 11 heteroatoms. The minimum Gasteiger partial charge on any atom is -0.381 e. The molecular weight excluding hydrogens is 383 g/mol. The third-order valence-corrected chi connectivity index (χ3v) is 4.10. The normalized spacial score (nSPS) is 20.4. The summed E-state index contributed by atoms with van der Waals surface area (Å²) in [4.78, 5) is 0. The lowest BCUT2D eigenvalue weighted by Crippen LogP contribution is -2.60. The highest BCUT2D eigenvalue weighted by Gasteiger charge is 2.81. The Bertz CT molecular complexity index is 418. The topological polar surface area (TPSA) is 18.5 Å². The lowest BCUT2D eigenvalue weighted by atomic mass is 9.99. The first kappa shape index (κ1) is 23.3. The molecule has 0 aliphatic carbocycles. The molecule has 0 aromatic rings. The van der Waals surface area contributed by atoms with E-state index in [9.17, 15) is 39.5 Å². The Kier molecular flexibility index (Phi) is 8.06. The fourth-order valence-corrected chi connectivity index (χ4v) is 2.47. The van der Waals surface area contributed by atoms with Crippen LogP contribution in [0, 0.1) is 0 Å². The smallest absolute Gasteiger partial charge is 0.381 e. The SMILES string of the molecule is FC(F)(F)C(F)(F)C(F)(F)C(F)(F)CCCCOCCC1CCCCO1. The summed E-state index contributed by atoms with van der Waals surface area (Å²) in [7, 11) is 0. The predicted molar refractivity (Wildman–Crippen MR) is 73.8 cm³/mol. The molecule has 0 amide bonds. The maximum Gasteiger partial charge on any atom is 0.460 e. The molecule has 1 aliphatic rings. The van der Waals surface area contributed by atoms with E-state index in [-0.39, 0.29) is 25.7 Å². The minimum absolute atomic E-state index is 0.0383. The molecule has 156 valence electrons. The number of ether oxygens (including phenoxy) is 2. The van der Waals surface area contributed by atoms with Gasteiger partial charge in [-0.1, -0.05) is 0 Å². The lowest BCUT2D eigenvalue weighted by Gasteiger charge is -2.33. The molecule has 1 rings (SSSR count). The number of hydrogen-bond donors (Lipinski definition) is 0. The average molecular weight is 404 g/mol. The van der Waals surface area contributed by atoms with Crippen molar-refractivity contribution in [1.82, 2.24) is 0 Å². The van der Waals surface area contributed by atoms with Gasteiger partial charge in [-0.25, -0.2) is 0 Å². The average Bonchev–Trinajstić information content (AvgIpc) is 2.53. The van der Waals surface area contributed by atoms with Crippen molar-refractivity contribution in [2.24, 2.45) is 0 Å². The van der Waals surface area contributed by atoms with Gasteiger partial charge in [-0.15, -0.1) is 0 Å². The zero-order chi connectivity index (χ0) is 20.1. The first-order valence-electron chi connectivity index (χ1n) is 8.22. The van der Waals surface area contributed by atoms with Gasteiger partial charge in [-0.05, 0) is 38.5 Å². The summed E-state index contributed by atoms with van der Waals surface area (Å²) in [6, 6.07) is 0. The molecule has 1 atom stereocenters. The summed E-state index contributed by atoms with van der Waals surface area (Å²) in [6.07, 6.45) is -5.95. The van der Waals surface area contributed by atoms with Crippen LogP contribution in [-0.4, -0.2) is 49.9 Å². The Labute approximate surface area is 145 Å². The van der Waals surface area contributed by atoms with Crippen LogP contribution in [0.1, 0.15) is 44.9 Å². The molecule has 1 heterocycles. The van der Waals surface area contributed by atoms with Gasteiger partial charge < -0.3 is 9.47 Å². The third kappa shape index (κ3) is 5.64. The van der Waals surface area contributed by atoms with Crippen LogP contribution in [0.4, 0.5) is 39.5 Å². The number of alkyl halides is 9. The van der Waals surface area contributed by atoms with Crippen LogP contribution < -0.4 is 0 Å². The van der Waals surface area contributed by atoms with Crippen LogP contribution >= 0.6 is 0 Å². The molecule has 1 unspecified atom stereocenters. The molecule has 0 N–H and O–H groups in total. The Morgan fingerprint density at radius 1 is 0.808 bits per heavy atom. The molecule has 0 spiro atoms. The highest BCUT2D eigenvalue weighted by Crippen LogP contribution is 2.54. The lowest BCUT2D eigenvalue weighted by molar-refractivity contribution is -0.396. The van der Waals surface area contributed by atoms with Crippen molar-refractivity contribution in [1.29, 1.82) is 0 Å². The van der Waals surface area contributed by atoms with Crippen LogP contribution in [-0.2, 0) is 9.47 Å². The van der Waals surface area contributed by atoms with Gasteiger partial charge in [-0.2, -0.15) is 39.5 Å². The van der Waals surface area contributed by atoms with E-state index in [0.29, 0.717) is 13.0 Å². The molecule has 0 radical (unpaired) electrons. The number of rotatable bonds is 10. The highest BCUT2D eigenvalue weighted by atomic mass is 19.4. The first-order valence-corrected chi connectivity index (χ1v) is 8.22. The van der Waals surface area contributed by atoms with E-state index < -0.39 is 36.8 Å². The van der Waals surface area contributed by atoms with Crippen LogP contribution in [0.3, 0.4) is 0 Å². The maximum absolute atomic E-state index is 13.3. The van der Waals surface area contributed by atoms with Crippen LogP contribution in [0.25, 0.3) is 0 Å². The summed E-state index contributed by atoms with van der Waals surface area (Å²) in [5, 5.41) is 0. The van der Waals surface area contributed by atoms with Crippen LogP contribution in [0.5, 0.6) is 0 Å². The molecule has 26 heavy (non-hydrogen) atoms. The maximum atomic E-state index is 13.3. The van der Waals surface area contributed by atoms with Crippen LogP contribution in [0.2, 0.25) is 0 Å². The van der Waals surface area contributed by atoms with Gasteiger partial charge >= 0.3 is 23.9 Å². The molecule has 0 bridgehead atoms. The Morgan fingerprint density at radius 2 is 1.46 bits per heavy atom. The summed E-state index contributed by atoms with van der Waals surface area (Å²) in [5.74, 6) is -18.8. The summed E-state index contributed by atoms with van der Waals surface area (Å²) < 4.78 is 124. The minimum atomic E-state index is -6.82. The second-order valence-corrected chi connectivity index (χ2v) is 6.20. The summed E-state index contributed by atoms with van der Waals surface area (Å²) in [5.41, 5.74) is 0. The predicted octanol–water partition coefficient (Wildman–Crippen LogP) is 5.60. The number of halogens is 9. The van der Waals surface area contributed by atoms with Gasteiger partial charge in [0.1, 0.15) is 0 Å². The van der Waals surface area contributed by atoms with E-state index >= 15 is 0 Å². The first-order chi connectivity index (χ1) is 11.8.